The molecule has 0 bridgehead atoms. The standard InChI is InChI=1S/C13H20ClN.ClH/c1-9(2)4-7-13(15)12-6-5-11(14)8-10(12)3;/h5-6,8-9,13H,4,7,15H2,1-3H3;1H/t13-;/m0./s1. The Morgan fingerprint density at radius 1 is 1.25 bits per heavy atom. The van der Waals surface area contributed by atoms with Crippen molar-refractivity contribution in [1.29, 1.82) is 0 Å². The van der Waals surface area contributed by atoms with Gasteiger partial charge in [0.1, 0.15) is 0 Å². The summed E-state index contributed by atoms with van der Waals surface area (Å²) >= 11 is 5.91. The van der Waals surface area contributed by atoms with E-state index in [1.807, 2.05) is 18.2 Å². The first-order valence-electron chi connectivity index (χ1n) is 5.52. The molecule has 0 unspecified atom stereocenters. The van der Waals surface area contributed by atoms with Crippen molar-refractivity contribution >= 4 is 24.0 Å². The SMILES string of the molecule is Cc1cc(Cl)ccc1[C@@H](N)CCC(C)C.Cl. The van der Waals surface area contributed by atoms with E-state index < -0.39 is 0 Å². The van der Waals surface area contributed by atoms with Crippen LogP contribution < -0.4 is 5.73 Å². The molecule has 0 aliphatic rings. The molecule has 1 aromatic rings. The van der Waals surface area contributed by atoms with Crippen LogP contribution in [0.4, 0.5) is 0 Å². The van der Waals surface area contributed by atoms with Crippen LogP contribution in [0.3, 0.4) is 0 Å². The number of aryl methyl sites for hydroxylation is 1. The van der Waals surface area contributed by atoms with E-state index >= 15 is 0 Å². The van der Waals surface area contributed by atoms with Gasteiger partial charge in [0.2, 0.25) is 0 Å². The van der Waals surface area contributed by atoms with Gasteiger partial charge in [-0.25, -0.2) is 0 Å². The molecule has 1 atom stereocenters. The first kappa shape index (κ1) is 15.8. The molecular weight excluding hydrogens is 241 g/mol. The Balaban J connectivity index is 0.00000225. The molecule has 0 radical (unpaired) electrons. The molecule has 0 aliphatic heterocycles. The second-order valence-corrected chi connectivity index (χ2v) is 5.02. The Morgan fingerprint density at radius 3 is 2.38 bits per heavy atom. The van der Waals surface area contributed by atoms with Gasteiger partial charge in [-0.05, 0) is 48.9 Å². The lowest BCUT2D eigenvalue weighted by Gasteiger charge is -2.16. The molecule has 0 spiro atoms. The van der Waals surface area contributed by atoms with Crippen LogP contribution in [0.5, 0.6) is 0 Å². The van der Waals surface area contributed by atoms with Crippen molar-refractivity contribution in [3.63, 3.8) is 0 Å². The lowest BCUT2D eigenvalue weighted by atomic mass is 9.95. The molecule has 0 saturated heterocycles. The zero-order valence-electron chi connectivity index (χ0n) is 10.2. The highest BCUT2D eigenvalue weighted by Crippen LogP contribution is 2.24. The zero-order valence-corrected chi connectivity index (χ0v) is 11.7. The Labute approximate surface area is 110 Å². The monoisotopic (exact) mass is 261 g/mol. The van der Waals surface area contributed by atoms with Gasteiger partial charge in [-0.1, -0.05) is 31.5 Å². The van der Waals surface area contributed by atoms with Crippen LogP contribution in [0, 0.1) is 12.8 Å². The molecule has 2 N–H and O–H groups in total. The number of hydrogen-bond donors (Lipinski definition) is 1. The summed E-state index contributed by atoms with van der Waals surface area (Å²) in [5.74, 6) is 0.712. The lowest BCUT2D eigenvalue weighted by molar-refractivity contribution is 0.506. The van der Waals surface area contributed by atoms with Gasteiger partial charge in [0.05, 0.1) is 0 Å². The predicted molar refractivity (Wildman–Crippen MR) is 74.4 cm³/mol. The third kappa shape index (κ3) is 4.73. The first-order chi connectivity index (χ1) is 7.00. The smallest absolute Gasteiger partial charge is 0.0408 e. The van der Waals surface area contributed by atoms with E-state index in [1.54, 1.807) is 0 Å². The number of halogens is 2. The highest BCUT2D eigenvalue weighted by molar-refractivity contribution is 6.30. The Hall–Kier alpha value is -0.240. The van der Waals surface area contributed by atoms with Crippen molar-refractivity contribution < 1.29 is 0 Å². The molecule has 0 saturated carbocycles. The molecular formula is C13H21Cl2N. The minimum Gasteiger partial charge on any atom is -0.324 e. The number of hydrogen-bond acceptors (Lipinski definition) is 1. The fourth-order valence-corrected chi connectivity index (χ4v) is 1.95. The second kappa shape index (κ2) is 7.16. The van der Waals surface area contributed by atoms with Crippen molar-refractivity contribution in [2.75, 3.05) is 0 Å². The van der Waals surface area contributed by atoms with Gasteiger partial charge in [-0.15, -0.1) is 12.4 Å². The molecule has 16 heavy (non-hydrogen) atoms. The third-order valence-electron chi connectivity index (χ3n) is 2.69. The highest BCUT2D eigenvalue weighted by atomic mass is 35.5. The minimum absolute atomic E-state index is 0. The molecule has 0 aromatic heterocycles. The number of benzene rings is 1. The summed E-state index contributed by atoms with van der Waals surface area (Å²) < 4.78 is 0. The largest absolute Gasteiger partial charge is 0.324 e. The van der Waals surface area contributed by atoms with E-state index in [1.165, 1.54) is 17.5 Å². The number of nitrogens with two attached hydrogens (primary N) is 1. The second-order valence-electron chi connectivity index (χ2n) is 4.58. The molecule has 3 heteroatoms. The van der Waals surface area contributed by atoms with E-state index in [0.717, 1.165) is 11.4 Å². The highest BCUT2D eigenvalue weighted by Gasteiger charge is 2.09. The van der Waals surface area contributed by atoms with Gasteiger partial charge in [-0.2, -0.15) is 0 Å². The Kier molecular flexibility index (Phi) is 7.05. The first-order valence-corrected chi connectivity index (χ1v) is 5.90. The molecule has 1 nitrogen and oxygen atoms in total. The maximum absolute atomic E-state index is 6.15. The zero-order chi connectivity index (χ0) is 11.4. The normalized spacial score (nSPS) is 12.4. The third-order valence-corrected chi connectivity index (χ3v) is 2.92. The van der Waals surface area contributed by atoms with E-state index in [0.29, 0.717) is 5.92 Å². The van der Waals surface area contributed by atoms with Crippen LogP contribution >= 0.6 is 24.0 Å². The van der Waals surface area contributed by atoms with Crippen LogP contribution in [0.1, 0.15) is 43.9 Å². The lowest BCUT2D eigenvalue weighted by Crippen LogP contribution is -2.12. The van der Waals surface area contributed by atoms with Gasteiger partial charge < -0.3 is 5.73 Å². The van der Waals surface area contributed by atoms with Crippen LogP contribution in [0.2, 0.25) is 5.02 Å². The summed E-state index contributed by atoms with van der Waals surface area (Å²) in [5, 5.41) is 0.785. The van der Waals surface area contributed by atoms with Gasteiger partial charge in [-0.3, -0.25) is 0 Å². The van der Waals surface area contributed by atoms with Crippen molar-refractivity contribution in [1.82, 2.24) is 0 Å². The Bertz CT molecular complexity index is 324. The summed E-state index contributed by atoms with van der Waals surface area (Å²) in [6.45, 7) is 6.51. The summed E-state index contributed by atoms with van der Waals surface area (Å²) in [6, 6.07) is 6.08. The Morgan fingerprint density at radius 2 is 1.88 bits per heavy atom. The molecule has 1 aromatic carbocycles. The molecule has 1 rings (SSSR count). The average molecular weight is 262 g/mol. The van der Waals surface area contributed by atoms with E-state index in [2.05, 4.69) is 20.8 Å². The van der Waals surface area contributed by atoms with Crippen molar-refractivity contribution in [2.45, 2.75) is 39.7 Å². The van der Waals surface area contributed by atoms with E-state index in [9.17, 15) is 0 Å². The van der Waals surface area contributed by atoms with Crippen molar-refractivity contribution in [3.8, 4) is 0 Å². The molecule has 0 aliphatic carbocycles. The summed E-state index contributed by atoms with van der Waals surface area (Å²) in [6.07, 6.45) is 2.21. The van der Waals surface area contributed by atoms with E-state index in [-0.39, 0.29) is 18.4 Å². The van der Waals surface area contributed by atoms with Crippen LogP contribution in [-0.4, -0.2) is 0 Å². The maximum Gasteiger partial charge on any atom is 0.0408 e. The average Bonchev–Trinajstić information content (AvgIpc) is 2.14. The van der Waals surface area contributed by atoms with Gasteiger partial charge in [0.15, 0.2) is 0 Å². The van der Waals surface area contributed by atoms with Crippen molar-refractivity contribution in [2.24, 2.45) is 11.7 Å². The van der Waals surface area contributed by atoms with Crippen LogP contribution in [0.15, 0.2) is 18.2 Å². The van der Waals surface area contributed by atoms with E-state index in [4.69, 9.17) is 17.3 Å². The summed E-state index contributed by atoms with van der Waals surface area (Å²) in [7, 11) is 0. The van der Waals surface area contributed by atoms with Crippen LogP contribution in [-0.2, 0) is 0 Å². The van der Waals surface area contributed by atoms with Crippen LogP contribution in [0.25, 0.3) is 0 Å². The fourth-order valence-electron chi connectivity index (χ4n) is 1.72. The van der Waals surface area contributed by atoms with Gasteiger partial charge in [0.25, 0.3) is 0 Å². The molecule has 0 amide bonds. The predicted octanol–water partition coefficient (Wildman–Crippen LogP) is 4.51. The quantitative estimate of drug-likeness (QED) is 0.849. The number of rotatable bonds is 4. The topological polar surface area (TPSA) is 26.0 Å². The van der Waals surface area contributed by atoms with Crippen molar-refractivity contribution in [3.05, 3.63) is 34.3 Å². The molecule has 0 heterocycles. The molecule has 0 fully saturated rings. The summed E-state index contributed by atoms with van der Waals surface area (Å²) in [4.78, 5) is 0. The fraction of sp³-hybridized carbons (Fsp3) is 0.538. The summed E-state index contributed by atoms with van der Waals surface area (Å²) in [5.41, 5.74) is 8.57. The molecule has 92 valence electrons. The van der Waals surface area contributed by atoms with Gasteiger partial charge in [0, 0.05) is 11.1 Å². The van der Waals surface area contributed by atoms with Gasteiger partial charge >= 0.3 is 0 Å². The maximum atomic E-state index is 6.15. The minimum atomic E-state index is 0.